The first-order valence-electron chi connectivity index (χ1n) is 8.08. The van der Waals surface area contributed by atoms with Crippen molar-refractivity contribution in [3.8, 4) is 0 Å². The summed E-state index contributed by atoms with van der Waals surface area (Å²) in [7, 11) is 0. The second kappa shape index (κ2) is 7.54. The quantitative estimate of drug-likeness (QED) is 0.808. The zero-order valence-corrected chi connectivity index (χ0v) is 13.7. The minimum absolute atomic E-state index is 0.680. The molecule has 1 N–H and O–H groups in total. The molecule has 0 aliphatic carbocycles. The molecule has 3 rings (SSSR count). The van der Waals surface area contributed by atoms with Gasteiger partial charge in [-0.05, 0) is 19.4 Å². The summed E-state index contributed by atoms with van der Waals surface area (Å²) in [6, 6.07) is 0.680. The van der Waals surface area contributed by atoms with Gasteiger partial charge in [-0.15, -0.1) is 11.3 Å². The zero-order valence-electron chi connectivity index (χ0n) is 12.9. The van der Waals surface area contributed by atoms with E-state index in [2.05, 4.69) is 27.4 Å². The largest absolute Gasteiger partial charge is 0.379 e. The van der Waals surface area contributed by atoms with Crippen LogP contribution in [0.3, 0.4) is 0 Å². The molecular weight excluding hydrogens is 284 g/mol. The summed E-state index contributed by atoms with van der Waals surface area (Å²) in [5, 5.41) is 6.81. The molecule has 118 valence electrons. The van der Waals surface area contributed by atoms with E-state index >= 15 is 0 Å². The van der Waals surface area contributed by atoms with E-state index in [1.165, 1.54) is 23.7 Å². The van der Waals surface area contributed by atoms with Crippen LogP contribution in [0.15, 0.2) is 5.38 Å². The molecule has 0 amide bonds. The molecule has 0 bridgehead atoms. The van der Waals surface area contributed by atoms with Gasteiger partial charge in [-0.1, -0.05) is 6.92 Å². The predicted molar refractivity (Wildman–Crippen MR) is 87.1 cm³/mol. The van der Waals surface area contributed by atoms with Gasteiger partial charge in [0.05, 0.1) is 18.9 Å². The van der Waals surface area contributed by atoms with Gasteiger partial charge in [0, 0.05) is 44.1 Å². The molecule has 2 saturated heterocycles. The van der Waals surface area contributed by atoms with Gasteiger partial charge in [-0.3, -0.25) is 4.90 Å². The molecule has 1 atom stereocenters. The van der Waals surface area contributed by atoms with Crippen molar-refractivity contribution in [1.82, 2.24) is 15.2 Å². The fraction of sp³-hybridized carbons (Fsp3) is 0.800. The second-order valence-corrected chi connectivity index (χ2v) is 6.67. The Kier molecular flexibility index (Phi) is 5.46. The Balaban J connectivity index is 1.51. The lowest BCUT2D eigenvalue weighted by molar-refractivity contribution is 0.0209. The molecule has 5 nitrogen and oxygen atoms in total. The van der Waals surface area contributed by atoms with Crippen LogP contribution < -0.4 is 10.2 Å². The Morgan fingerprint density at radius 1 is 1.38 bits per heavy atom. The number of hydrogen-bond acceptors (Lipinski definition) is 6. The van der Waals surface area contributed by atoms with E-state index in [0.29, 0.717) is 6.04 Å². The van der Waals surface area contributed by atoms with Crippen molar-refractivity contribution in [2.75, 3.05) is 50.8 Å². The topological polar surface area (TPSA) is 40.6 Å². The third kappa shape index (κ3) is 3.94. The Hall–Kier alpha value is -0.690. The summed E-state index contributed by atoms with van der Waals surface area (Å²) in [6.07, 6.45) is 2.42. The summed E-state index contributed by atoms with van der Waals surface area (Å²) in [5.74, 6) is 0. The first-order chi connectivity index (χ1) is 10.4. The number of hydrogen-bond donors (Lipinski definition) is 1. The zero-order chi connectivity index (χ0) is 14.5. The maximum atomic E-state index is 5.45. The number of nitrogens with zero attached hydrogens (tertiary/aromatic N) is 3. The molecule has 2 aliphatic heterocycles. The first kappa shape index (κ1) is 15.2. The monoisotopic (exact) mass is 310 g/mol. The summed E-state index contributed by atoms with van der Waals surface area (Å²) in [6.45, 7) is 10.4. The third-order valence-corrected chi connectivity index (χ3v) is 5.22. The van der Waals surface area contributed by atoms with E-state index in [1.807, 2.05) is 0 Å². The number of nitrogens with one attached hydrogen (secondary N) is 1. The molecule has 2 fully saturated rings. The van der Waals surface area contributed by atoms with E-state index in [1.54, 1.807) is 11.3 Å². The van der Waals surface area contributed by atoms with Crippen LogP contribution in [-0.4, -0.2) is 61.9 Å². The SMILES string of the molecule is CCCNCc1csc(N2CCC(N3CCOCC3)C2)n1. The first-order valence-corrected chi connectivity index (χ1v) is 8.96. The number of ether oxygens (including phenoxy) is 1. The number of rotatable bonds is 6. The smallest absolute Gasteiger partial charge is 0.185 e. The molecule has 21 heavy (non-hydrogen) atoms. The van der Waals surface area contributed by atoms with Gasteiger partial charge in [-0.25, -0.2) is 4.98 Å². The predicted octanol–water partition coefficient (Wildman–Crippen LogP) is 1.55. The molecule has 2 aliphatic rings. The molecule has 3 heterocycles. The van der Waals surface area contributed by atoms with Crippen molar-refractivity contribution in [1.29, 1.82) is 0 Å². The number of thiazole rings is 1. The lowest BCUT2D eigenvalue weighted by atomic mass is 10.2. The molecule has 0 spiro atoms. The highest BCUT2D eigenvalue weighted by Crippen LogP contribution is 2.26. The Morgan fingerprint density at radius 3 is 3.05 bits per heavy atom. The number of anilines is 1. The van der Waals surface area contributed by atoms with Crippen molar-refractivity contribution < 1.29 is 4.74 Å². The maximum absolute atomic E-state index is 5.45. The molecule has 1 aromatic rings. The lowest BCUT2D eigenvalue weighted by Crippen LogP contribution is -2.44. The normalized spacial score (nSPS) is 23.9. The number of aromatic nitrogens is 1. The highest BCUT2D eigenvalue weighted by atomic mass is 32.1. The van der Waals surface area contributed by atoms with Crippen molar-refractivity contribution in [3.63, 3.8) is 0 Å². The third-order valence-electron chi connectivity index (χ3n) is 4.27. The van der Waals surface area contributed by atoms with E-state index in [0.717, 1.165) is 52.5 Å². The maximum Gasteiger partial charge on any atom is 0.185 e. The van der Waals surface area contributed by atoms with E-state index < -0.39 is 0 Å². The fourth-order valence-electron chi connectivity index (χ4n) is 3.07. The highest BCUT2D eigenvalue weighted by molar-refractivity contribution is 7.13. The van der Waals surface area contributed by atoms with Crippen LogP contribution in [0.2, 0.25) is 0 Å². The molecule has 1 aromatic heterocycles. The van der Waals surface area contributed by atoms with Crippen LogP contribution >= 0.6 is 11.3 Å². The minimum Gasteiger partial charge on any atom is -0.379 e. The van der Waals surface area contributed by atoms with Gasteiger partial charge in [-0.2, -0.15) is 0 Å². The number of morpholine rings is 1. The van der Waals surface area contributed by atoms with Gasteiger partial charge in [0.25, 0.3) is 0 Å². The Labute approximate surface area is 131 Å². The Morgan fingerprint density at radius 2 is 2.24 bits per heavy atom. The van der Waals surface area contributed by atoms with Crippen LogP contribution in [0, 0.1) is 0 Å². The average Bonchev–Trinajstić information content (AvgIpc) is 3.17. The standard InChI is InChI=1S/C15H26N4OS/c1-2-4-16-10-13-12-21-15(17-13)19-5-3-14(11-19)18-6-8-20-9-7-18/h12,14,16H,2-11H2,1H3. The van der Waals surface area contributed by atoms with Crippen LogP contribution in [-0.2, 0) is 11.3 Å². The second-order valence-electron chi connectivity index (χ2n) is 5.84. The van der Waals surface area contributed by atoms with Crippen LogP contribution in [0.4, 0.5) is 5.13 Å². The van der Waals surface area contributed by atoms with Gasteiger partial charge >= 0.3 is 0 Å². The van der Waals surface area contributed by atoms with Crippen molar-refractivity contribution >= 4 is 16.5 Å². The minimum atomic E-state index is 0.680. The van der Waals surface area contributed by atoms with E-state index in [4.69, 9.17) is 9.72 Å². The molecule has 0 aromatic carbocycles. The summed E-state index contributed by atoms with van der Waals surface area (Å²) >= 11 is 1.79. The van der Waals surface area contributed by atoms with Gasteiger partial charge in [0.1, 0.15) is 0 Å². The van der Waals surface area contributed by atoms with Crippen LogP contribution in [0.25, 0.3) is 0 Å². The lowest BCUT2D eigenvalue weighted by Gasteiger charge is -2.32. The van der Waals surface area contributed by atoms with E-state index in [-0.39, 0.29) is 0 Å². The Bertz CT molecular complexity index is 433. The molecule has 1 unspecified atom stereocenters. The fourth-order valence-corrected chi connectivity index (χ4v) is 3.93. The molecule has 0 saturated carbocycles. The van der Waals surface area contributed by atoms with Crippen LogP contribution in [0.1, 0.15) is 25.5 Å². The molecule has 6 heteroatoms. The van der Waals surface area contributed by atoms with Crippen molar-refractivity contribution in [3.05, 3.63) is 11.1 Å². The van der Waals surface area contributed by atoms with Gasteiger partial charge < -0.3 is 15.0 Å². The van der Waals surface area contributed by atoms with Gasteiger partial charge in [0.2, 0.25) is 0 Å². The summed E-state index contributed by atoms with van der Waals surface area (Å²) in [5.41, 5.74) is 1.18. The summed E-state index contributed by atoms with van der Waals surface area (Å²) < 4.78 is 5.45. The van der Waals surface area contributed by atoms with Crippen LogP contribution in [0.5, 0.6) is 0 Å². The average molecular weight is 310 g/mol. The van der Waals surface area contributed by atoms with E-state index in [9.17, 15) is 0 Å². The molecule has 0 radical (unpaired) electrons. The van der Waals surface area contributed by atoms with Gasteiger partial charge in [0.15, 0.2) is 5.13 Å². The summed E-state index contributed by atoms with van der Waals surface area (Å²) in [4.78, 5) is 9.82. The highest BCUT2D eigenvalue weighted by Gasteiger charge is 2.29. The van der Waals surface area contributed by atoms with Crippen molar-refractivity contribution in [2.24, 2.45) is 0 Å². The van der Waals surface area contributed by atoms with Crippen molar-refractivity contribution in [2.45, 2.75) is 32.4 Å². The molecular formula is C15H26N4OS.